The summed E-state index contributed by atoms with van der Waals surface area (Å²) < 4.78 is 0. The number of hydrogen-bond acceptors (Lipinski definition) is 3. The van der Waals surface area contributed by atoms with Gasteiger partial charge in [-0.15, -0.1) is 0 Å². The Morgan fingerprint density at radius 1 is 1.37 bits per heavy atom. The van der Waals surface area contributed by atoms with Crippen LogP contribution in [0.1, 0.15) is 31.4 Å². The molecule has 0 aliphatic rings. The Morgan fingerprint density at radius 2 is 2.11 bits per heavy atom. The monoisotopic (exact) mass is 259 g/mol. The molecule has 1 N–H and O–H groups in total. The predicted octanol–water partition coefficient (Wildman–Crippen LogP) is 1.91. The third kappa shape index (κ3) is 4.72. The van der Waals surface area contributed by atoms with E-state index in [1.165, 1.54) is 0 Å². The first-order valence-electron chi connectivity index (χ1n) is 6.69. The lowest BCUT2D eigenvalue weighted by atomic mass is 10.1. The Bertz CT molecular complexity index is 451. The topological polar surface area (TPSA) is 56.1 Å². The molecule has 0 aromatic heterocycles. The summed E-state index contributed by atoms with van der Waals surface area (Å²) in [6.45, 7) is 6.36. The fourth-order valence-electron chi connectivity index (χ4n) is 1.83. The van der Waals surface area contributed by atoms with E-state index in [1.807, 2.05) is 25.1 Å². The van der Waals surface area contributed by atoms with Crippen molar-refractivity contribution in [2.24, 2.45) is 0 Å². The average Bonchev–Trinajstić information content (AvgIpc) is 2.45. The molecule has 1 amide bonds. The lowest BCUT2D eigenvalue weighted by molar-refractivity contribution is -0.130. The highest BCUT2D eigenvalue weighted by atomic mass is 16.2. The summed E-state index contributed by atoms with van der Waals surface area (Å²) in [4.78, 5) is 13.8. The fourth-order valence-corrected chi connectivity index (χ4v) is 1.83. The highest BCUT2D eigenvalue weighted by Gasteiger charge is 2.13. The maximum atomic E-state index is 12.0. The fraction of sp³-hybridized carbons (Fsp3) is 0.467. The van der Waals surface area contributed by atoms with Crippen LogP contribution in [0.2, 0.25) is 0 Å². The van der Waals surface area contributed by atoms with E-state index in [0.29, 0.717) is 25.2 Å². The van der Waals surface area contributed by atoms with Crippen molar-refractivity contribution in [2.75, 3.05) is 19.6 Å². The van der Waals surface area contributed by atoms with Crippen LogP contribution in [0.25, 0.3) is 0 Å². The lowest BCUT2D eigenvalue weighted by Gasteiger charge is -2.21. The van der Waals surface area contributed by atoms with Crippen molar-refractivity contribution in [3.8, 4) is 6.07 Å². The molecule has 0 radical (unpaired) electrons. The summed E-state index contributed by atoms with van der Waals surface area (Å²) in [6, 6.07) is 9.57. The van der Waals surface area contributed by atoms with Crippen LogP contribution in [0, 0.1) is 11.3 Å². The molecule has 1 aromatic rings. The van der Waals surface area contributed by atoms with Gasteiger partial charge in [0.1, 0.15) is 0 Å². The summed E-state index contributed by atoms with van der Waals surface area (Å²) in [5.74, 6) is 0.0729. The molecule has 4 heteroatoms. The van der Waals surface area contributed by atoms with Gasteiger partial charge >= 0.3 is 0 Å². The molecule has 0 spiro atoms. The van der Waals surface area contributed by atoms with Crippen molar-refractivity contribution in [3.05, 3.63) is 35.4 Å². The van der Waals surface area contributed by atoms with E-state index in [0.717, 1.165) is 18.5 Å². The van der Waals surface area contributed by atoms with Gasteiger partial charge in [0.25, 0.3) is 0 Å². The largest absolute Gasteiger partial charge is 0.337 e. The maximum Gasteiger partial charge on any atom is 0.236 e. The number of hydrogen-bond donors (Lipinski definition) is 1. The molecule has 1 rings (SSSR count). The van der Waals surface area contributed by atoms with Crippen molar-refractivity contribution < 1.29 is 4.79 Å². The van der Waals surface area contributed by atoms with Crippen molar-refractivity contribution in [2.45, 2.75) is 26.8 Å². The number of rotatable bonds is 7. The Balaban J connectivity index is 2.66. The van der Waals surface area contributed by atoms with Crippen LogP contribution in [0.5, 0.6) is 0 Å². The van der Waals surface area contributed by atoms with Gasteiger partial charge in [-0.05, 0) is 31.5 Å². The summed E-state index contributed by atoms with van der Waals surface area (Å²) in [7, 11) is 0. The zero-order valence-electron chi connectivity index (χ0n) is 11.6. The molecule has 0 saturated carbocycles. The first kappa shape index (κ1) is 15.2. The molecule has 0 bridgehead atoms. The van der Waals surface area contributed by atoms with Crippen molar-refractivity contribution >= 4 is 5.91 Å². The molecule has 0 unspecified atom stereocenters. The number of nitrogens with one attached hydrogen (secondary N) is 1. The number of amides is 1. The van der Waals surface area contributed by atoms with Gasteiger partial charge < -0.3 is 10.2 Å². The summed E-state index contributed by atoms with van der Waals surface area (Å²) in [5.41, 5.74) is 1.53. The highest BCUT2D eigenvalue weighted by Crippen LogP contribution is 2.10. The van der Waals surface area contributed by atoms with Crippen LogP contribution in [0.3, 0.4) is 0 Å². The third-order valence-corrected chi connectivity index (χ3v) is 2.94. The number of nitriles is 1. The third-order valence-electron chi connectivity index (χ3n) is 2.94. The second kappa shape index (κ2) is 8.28. The van der Waals surface area contributed by atoms with Gasteiger partial charge in [0.05, 0.1) is 18.2 Å². The normalized spacial score (nSPS) is 9.95. The van der Waals surface area contributed by atoms with E-state index in [2.05, 4.69) is 18.3 Å². The first-order chi connectivity index (χ1) is 9.22. The summed E-state index contributed by atoms with van der Waals surface area (Å²) in [5, 5.41) is 12.2. The van der Waals surface area contributed by atoms with Gasteiger partial charge in [-0.1, -0.05) is 25.1 Å². The van der Waals surface area contributed by atoms with E-state index >= 15 is 0 Å². The van der Waals surface area contributed by atoms with E-state index in [9.17, 15) is 4.79 Å². The predicted molar refractivity (Wildman–Crippen MR) is 75.4 cm³/mol. The summed E-state index contributed by atoms with van der Waals surface area (Å²) in [6.07, 6.45) is 1.01. The minimum Gasteiger partial charge on any atom is -0.337 e. The molecule has 0 aliphatic heterocycles. The molecule has 0 atom stereocenters. The lowest BCUT2D eigenvalue weighted by Crippen LogP contribution is -2.38. The highest BCUT2D eigenvalue weighted by molar-refractivity contribution is 5.78. The summed E-state index contributed by atoms with van der Waals surface area (Å²) >= 11 is 0. The Hall–Kier alpha value is -1.86. The maximum absolute atomic E-state index is 12.0. The average molecular weight is 259 g/mol. The van der Waals surface area contributed by atoms with Gasteiger partial charge in [-0.25, -0.2) is 0 Å². The molecule has 1 aromatic carbocycles. The van der Waals surface area contributed by atoms with Crippen LogP contribution in [0.15, 0.2) is 24.3 Å². The van der Waals surface area contributed by atoms with E-state index in [-0.39, 0.29) is 5.91 Å². The molecule has 102 valence electrons. The zero-order valence-corrected chi connectivity index (χ0v) is 11.6. The van der Waals surface area contributed by atoms with Crippen molar-refractivity contribution in [1.29, 1.82) is 5.26 Å². The smallest absolute Gasteiger partial charge is 0.236 e. The number of carbonyl (C=O) groups excluding carboxylic acids is 1. The van der Waals surface area contributed by atoms with Crippen LogP contribution in [0.4, 0.5) is 0 Å². The molecule has 0 aliphatic carbocycles. The molecule has 0 fully saturated rings. The SMILES string of the molecule is CCCNCC(=O)N(CC)Cc1ccccc1C#N. The quantitative estimate of drug-likeness (QED) is 0.761. The van der Waals surface area contributed by atoms with Crippen molar-refractivity contribution in [1.82, 2.24) is 10.2 Å². The molecule has 19 heavy (non-hydrogen) atoms. The van der Waals surface area contributed by atoms with Gasteiger partial charge in [0.15, 0.2) is 0 Å². The Morgan fingerprint density at radius 3 is 2.74 bits per heavy atom. The Kier molecular flexibility index (Phi) is 6.62. The van der Waals surface area contributed by atoms with Crippen LogP contribution >= 0.6 is 0 Å². The molecule has 0 heterocycles. The van der Waals surface area contributed by atoms with Gasteiger partial charge in [-0.2, -0.15) is 5.26 Å². The molecule has 4 nitrogen and oxygen atoms in total. The zero-order chi connectivity index (χ0) is 14.1. The van der Waals surface area contributed by atoms with Crippen LogP contribution in [-0.2, 0) is 11.3 Å². The van der Waals surface area contributed by atoms with Gasteiger partial charge in [0, 0.05) is 13.1 Å². The van der Waals surface area contributed by atoms with Gasteiger partial charge in [0.2, 0.25) is 5.91 Å². The minimum atomic E-state index is 0.0729. The molecule has 0 saturated heterocycles. The van der Waals surface area contributed by atoms with Crippen molar-refractivity contribution in [3.63, 3.8) is 0 Å². The Labute approximate surface area is 115 Å². The second-order valence-electron chi connectivity index (χ2n) is 4.35. The molecular weight excluding hydrogens is 238 g/mol. The molecular formula is C15H21N3O. The minimum absolute atomic E-state index is 0.0729. The number of nitrogens with zero attached hydrogens (tertiary/aromatic N) is 2. The van der Waals surface area contributed by atoms with E-state index in [4.69, 9.17) is 5.26 Å². The first-order valence-corrected chi connectivity index (χ1v) is 6.69. The van der Waals surface area contributed by atoms with Crippen LogP contribution in [-0.4, -0.2) is 30.4 Å². The second-order valence-corrected chi connectivity index (χ2v) is 4.35. The standard InChI is InChI=1S/C15H21N3O/c1-3-9-17-11-15(19)18(4-2)12-14-8-6-5-7-13(14)10-16/h5-8,17H,3-4,9,11-12H2,1-2H3. The van der Waals surface area contributed by atoms with E-state index < -0.39 is 0 Å². The number of likely N-dealkylation sites (N-methyl/N-ethyl adjacent to an activating group) is 1. The van der Waals surface area contributed by atoms with E-state index in [1.54, 1.807) is 11.0 Å². The number of carbonyl (C=O) groups is 1. The van der Waals surface area contributed by atoms with Gasteiger partial charge in [-0.3, -0.25) is 4.79 Å². The van der Waals surface area contributed by atoms with Crippen LogP contribution < -0.4 is 5.32 Å². The number of benzene rings is 1.